The van der Waals surface area contributed by atoms with E-state index in [2.05, 4.69) is 5.10 Å². The number of hydrogen-bond donors (Lipinski definition) is 0. The van der Waals surface area contributed by atoms with Crippen LogP contribution in [0.15, 0.2) is 72.8 Å². The molecule has 1 aliphatic heterocycles. The second-order valence-corrected chi connectivity index (χ2v) is 8.19. The van der Waals surface area contributed by atoms with Crippen molar-refractivity contribution in [2.24, 2.45) is 0 Å². The molecular formula is C26H22ClN3O4. The highest BCUT2D eigenvalue weighted by Crippen LogP contribution is 2.35. The van der Waals surface area contributed by atoms with E-state index in [1.54, 1.807) is 40.9 Å². The van der Waals surface area contributed by atoms with Crippen LogP contribution in [0.5, 0.6) is 17.2 Å². The molecule has 34 heavy (non-hydrogen) atoms. The molecule has 0 fully saturated rings. The van der Waals surface area contributed by atoms with Crippen LogP contribution in [0.2, 0.25) is 5.02 Å². The lowest BCUT2D eigenvalue weighted by Gasteiger charge is -2.18. The van der Waals surface area contributed by atoms with Gasteiger partial charge in [0.1, 0.15) is 18.1 Å². The van der Waals surface area contributed by atoms with Crippen molar-refractivity contribution in [2.75, 3.05) is 18.7 Å². The van der Waals surface area contributed by atoms with Gasteiger partial charge in [-0.1, -0.05) is 35.9 Å². The van der Waals surface area contributed by atoms with E-state index in [1.807, 2.05) is 55.5 Å². The van der Waals surface area contributed by atoms with Gasteiger partial charge in [0, 0.05) is 24.4 Å². The van der Waals surface area contributed by atoms with Gasteiger partial charge in [-0.15, -0.1) is 0 Å². The van der Waals surface area contributed by atoms with Crippen molar-refractivity contribution in [3.8, 4) is 22.9 Å². The summed E-state index contributed by atoms with van der Waals surface area (Å²) >= 11 is 6.55. The number of ether oxygens (including phenoxy) is 3. The molecule has 1 amide bonds. The van der Waals surface area contributed by atoms with Gasteiger partial charge >= 0.3 is 0 Å². The van der Waals surface area contributed by atoms with E-state index in [-0.39, 0.29) is 19.3 Å². The van der Waals surface area contributed by atoms with Crippen LogP contribution in [-0.2, 0) is 6.61 Å². The van der Waals surface area contributed by atoms with E-state index in [1.165, 1.54) is 0 Å². The van der Waals surface area contributed by atoms with Crippen molar-refractivity contribution in [3.05, 3.63) is 94.8 Å². The minimum absolute atomic E-state index is 0.169. The van der Waals surface area contributed by atoms with Crippen molar-refractivity contribution in [3.63, 3.8) is 0 Å². The van der Waals surface area contributed by atoms with Crippen LogP contribution in [0.25, 0.3) is 5.69 Å². The molecule has 5 rings (SSSR count). The average Bonchev–Trinajstić information content (AvgIpc) is 3.46. The number of para-hydroxylation sites is 1. The zero-order chi connectivity index (χ0) is 23.7. The maximum absolute atomic E-state index is 13.3. The number of hydrogen-bond acceptors (Lipinski definition) is 5. The zero-order valence-electron chi connectivity index (χ0n) is 18.7. The maximum Gasteiger partial charge on any atom is 0.258 e. The average molecular weight is 476 g/mol. The second kappa shape index (κ2) is 9.11. The Balaban J connectivity index is 1.42. The predicted octanol–water partition coefficient (Wildman–Crippen LogP) is 5.42. The molecule has 0 spiro atoms. The number of aromatic nitrogens is 2. The van der Waals surface area contributed by atoms with Crippen LogP contribution in [-0.4, -0.2) is 29.5 Å². The van der Waals surface area contributed by atoms with Gasteiger partial charge < -0.3 is 19.1 Å². The normalized spacial score (nSPS) is 12.0. The lowest BCUT2D eigenvalue weighted by molar-refractivity contribution is 0.0993. The number of fused-ring (bicyclic) bond motifs is 1. The van der Waals surface area contributed by atoms with Gasteiger partial charge in [-0.05, 0) is 49.4 Å². The van der Waals surface area contributed by atoms with E-state index in [4.69, 9.17) is 25.8 Å². The molecule has 4 aromatic rings. The third-order valence-electron chi connectivity index (χ3n) is 5.58. The minimum Gasteiger partial charge on any atom is -0.487 e. The van der Waals surface area contributed by atoms with Gasteiger partial charge in [0.25, 0.3) is 5.91 Å². The maximum atomic E-state index is 13.3. The fraction of sp³-hybridized carbons (Fsp3) is 0.154. The summed E-state index contributed by atoms with van der Waals surface area (Å²) < 4.78 is 18.4. The summed E-state index contributed by atoms with van der Waals surface area (Å²) in [5, 5.41) is 5.12. The van der Waals surface area contributed by atoms with Gasteiger partial charge in [0.2, 0.25) is 6.79 Å². The SMILES string of the molecule is Cc1nn(-c2cccc(C(=O)N(C)c3ccc4c(c3)OCO4)c2)c(COc2ccccc2)c1Cl. The molecule has 0 bridgehead atoms. The Labute approximate surface area is 202 Å². The molecule has 0 N–H and O–H groups in total. The number of aryl methyl sites for hydroxylation is 1. The van der Waals surface area contributed by atoms with Crippen LogP contribution in [0, 0.1) is 6.92 Å². The summed E-state index contributed by atoms with van der Waals surface area (Å²) in [7, 11) is 1.72. The van der Waals surface area contributed by atoms with E-state index in [0.717, 1.165) is 5.75 Å². The van der Waals surface area contributed by atoms with Crippen LogP contribution >= 0.6 is 11.6 Å². The van der Waals surface area contributed by atoms with Gasteiger partial charge in [0.15, 0.2) is 11.5 Å². The van der Waals surface area contributed by atoms with Gasteiger partial charge in [-0.2, -0.15) is 5.10 Å². The smallest absolute Gasteiger partial charge is 0.258 e. The fourth-order valence-corrected chi connectivity index (χ4v) is 3.91. The third-order valence-corrected chi connectivity index (χ3v) is 6.07. The molecular weight excluding hydrogens is 454 g/mol. The van der Waals surface area contributed by atoms with Crippen LogP contribution < -0.4 is 19.1 Å². The number of amides is 1. The van der Waals surface area contributed by atoms with Crippen molar-refractivity contribution in [1.82, 2.24) is 9.78 Å². The van der Waals surface area contributed by atoms with Crippen LogP contribution in [0.3, 0.4) is 0 Å². The van der Waals surface area contributed by atoms with E-state index in [9.17, 15) is 4.79 Å². The van der Waals surface area contributed by atoms with Crippen LogP contribution in [0.1, 0.15) is 21.7 Å². The Morgan fingerprint density at radius 2 is 1.85 bits per heavy atom. The van der Waals surface area contributed by atoms with Crippen LogP contribution in [0.4, 0.5) is 5.69 Å². The Hall–Kier alpha value is -3.97. The third kappa shape index (κ3) is 4.18. The lowest BCUT2D eigenvalue weighted by Crippen LogP contribution is -2.26. The topological polar surface area (TPSA) is 65.8 Å². The number of carbonyl (C=O) groups excluding carboxylic acids is 1. The Bertz CT molecular complexity index is 1350. The standard InChI is InChI=1S/C26H22ClN3O4/c1-17-25(27)22(15-32-21-9-4-3-5-10-21)30(28-17)20-8-6-7-18(13-20)26(31)29(2)19-11-12-23-24(14-19)34-16-33-23/h3-14H,15-16H2,1-2H3. The van der Waals surface area contributed by atoms with Gasteiger partial charge in [-0.25, -0.2) is 4.68 Å². The highest BCUT2D eigenvalue weighted by atomic mass is 35.5. The summed E-state index contributed by atoms with van der Waals surface area (Å²) in [4.78, 5) is 14.8. The van der Waals surface area contributed by atoms with Gasteiger partial charge in [0.05, 0.1) is 16.4 Å². The molecule has 0 atom stereocenters. The number of anilines is 1. The van der Waals surface area contributed by atoms with Crippen molar-refractivity contribution >= 4 is 23.2 Å². The summed E-state index contributed by atoms with van der Waals surface area (Å²) in [6.45, 7) is 2.26. The largest absolute Gasteiger partial charge is 0.487 e. The second-order valence-electron chi connectivity index (χ2n) is 7.81. The molecule has 0 radical (unpaired) electrons. The highest BCUT2D eigenvalue weighted by Gasteiger charge is 2.20. The molecule has 1 aromatic heterocycles. The molecule has 0 aliphatic carbocycles. The molecule has 2 heterocycles. The molecule has 172 valence electrons. The molecule has 3 aromatic carbocycles. The Kier molecular flexibility index (Phi) is 5.86. The monoisotopic (exact) mass is 475 g/mol. The summed E-state index contributed by atoms with van der Waals surface area (Å²) in [5.41, 5.74) is 3.32. The first kappa shape index (κ1) is 21.9. The fourth-order valence-electron chi connectivity index (χ4n) is 3.74. The molecule has 7 nitrogen and oxygen atoms in total. The number of halogens is 1. The number of carbonyl (C=O) groups is 1. The molecule has 0 saturated carbocycles. The molecule has 1 aliphatic rings. The first-order valence-electron chi connectivity index (χ1n) is 10.7. The Morgan fingerprint density at radius 3 is 2.68 bits per heavy atom. The molecule has 0 unspecified atom stereocenters. The number of benzene rings is 3. The summed E-state index contributed by atoms with van der Waals surface area (Å²) in [6.07, 6.45) is 0. The van der Waals surface area contributed by atoms with Crippen molar-refractivity contribution in [1.29, 1.82) is 0 Å². The van der Waals surface area contributed by atoms with E-state index in [0.29, 0.717) is 44.8 Å². The highest BCUT2D eigenvalue weighted by molar-refractivity contribution is 6.31. The van der Waals surface area contributed by atoms with Gasteiger partial charge in [-0.3, -0.25) is 4.79 Å². The first-order chi connectivity index (χ1) is 16.5. The lowest BCUT2D eigenvalue weighted by atomic mass is 10.1. The Morgan fingerprint density at radius 1 is 1.06 bits per heavy atom. The summed E-state index contributed by atoms with van der Waals surface area (Å²) in [6, 6.07) is 22.2. The predicted molar refractivity (Wildman–Crippen MR) is 129 cm³/mol. The van der Waals surface area contributed by atoms with E-state index < -0.39 is 0 Å². The number of nitrogens with zero attached hydrogens (tertiary/aromatic N) is 3. The first-order valence-corrected chi connectivity index (χ1v) is 11.1. The molecule has 8 heteroatoms. The number of rotatable bonds is 6. The van der Waals surface area contributed by atoms with Crippen molar-refractivity contribution in [2.45, 2.75) is 13.5 Å². The quantitative estimate of drug-likeness (QED) is 0.372. The minimum atomic E-state index is -0.169. The summed E-state index contributed by atoms with van der Waals surface area (Å²) in [5.74, 6) is 1.86. The zero-order valence-corrected chi connectivity index (χ0v) is 19.5. The van der Waals surface area contributed by atoms with E-state index >= 15 is 0 Å². The molecule has 0 saturated heterocycles. The van der Waals surface area contributed by atoms with Crippen molar-refractivity contribution < 1.29 is 19.0 Å².